The summed E-state index contributed by atoms with van der Waals surface area (Å²) in [6.45, 7) is 4.34. The Kier molecular flexibility index (Phi) is 8.00. The lowest BCUT2D eigenvalue weighted by atomic mass is 10.1. The molecule has 3 amide bonds. The maximum Gasteiger partial charge on any atom is 0.254 e. The second-order valence-corrected chi connectivity index (χ2v) is 7.26. The van der Waals surface area contributed by atoms with E-state index in [4.69, 9.17) is 4.74 Å². The second kappa shape index (κ2) is 11.1. The van der Waals surface area contributed by atoms with Gasteiger partial charge in [-0.3, -0.25) is 14.4 Å². The maximum absolute atomic E-state index is 12.5. The van der Waals surface area contributed by atoms with Crippen molar-refractivity contribution in [1.82, 2.24) is 4.90 Å². The number of benzene rings is 2. The van der Waals surface area contributed by atoms with Gasteiger partial charge in [0.15, 0.2) is 0 Å². The van der Waals surface area contributed by atoms with Gasteiger partial charge in [0.2, 0.25) is 11.8 Å². The van der Waals surface area contributed by atoms with E-state index in [1.807, 2.05) is 6.92 Å². The Morgan fingerprint density at radius 2 is 1.55 bits per heavy atom. The van der Waals surface area contributed by atoms with Crippen LogP contribution in [0.5, 0.6) is 0 Å². The largest absolute Gasteiger partial charge is 0.378 e. The van der Waals surface area contributed by atoms with Crippen molar-refractivity contribution < 1.29 is 19.1 Å². The van der Waals surface area contributed by atoms with Crippen LogP contribution in [0.4, 0.5) is 17.1 Å². The predicted octanol–water partition coefficient (Wildman–Crippen LogP) is 2.95. The highest BCUT2D eigenvalue weighted by Gasteiger charge is 2.18. The van der Waals surface area contributed by atoms with Crippen molar-refractivity contribution in [2.45, 2.75) is 19.8 Å². The van der Waals surface area contributed by atoms with Crippen LogP contribution >= 0.6 is 0 Å². The smallest absolute Gasteiger partial charge is 0.254 e. The first-order valence-corrected chi connectivity index (χ1v) is 10.5. The third-order valence-electron chi connectivity index (χ3n) is 4.79. The minimum Gasteiger partial charge on any atom is -0.378 e. The summed E-state index contributed by atoms with van der Waals surface area (Å²) in [4.78, 5) is 38.2. The second-order valence-electron chi connectivity index (χ2n) is 7.26. The highest BCUT2D eigenvalue weighted by atomic mass is 16.5. The Morgan fingerprint density at radius 3 is 2.19 bits per heavy atom. The molecule has 1 fully saturated rings. The summed E-state index contributed by atoms with van der Waals surface area (Å²) < 4.78 is 5.27. The van der Waals surface area contributed by atoms with Crippen molar-refractivity contribution in [2.24, 2.45) is 0 Å². The molecule has 0 saturated carbocycles. The zero-order chi connectivity index (χ0) is 22.1. The SMILES string of the molecule is CCCC(=O)Nc1cccc(NC(=O)CNc2ccc(C(=O)N3CCOCC3)cc2)c1. The van der Waals surface area contributed by atoms with Crippen LogP contribution < -0.4 is 16.0 Å². The number of nitrogens with one attached hydrogen (secondary N) is 3. The zero-order valence-corrected chi connectivity index (χ0v) is 17.6. The summed E-state index contributed by atoms with van der Waals surface area (Å²) in [6, 6.07) is 14.1. The Bertz CT molecular complexity index is 908. The van der Waals surface area contributed by atoms with E-state index in [9.17, 15) is 14.4 Å². The van der Waals surface area contributed by atoms with Crippen LogP contribution in [0.25, 0.3) is 0 Å². The molecule has 0 aromatic heterocycles. The molecule has 3 rings (SSSR count). The van der Waals surface area contributed by atoms with E-state index < -0.39 is 0 Å². The fourth-order valence-electron chi connectivity index (χ4n) is 3.19. The molecule has 8 heteroatoms. The topological polar surface area (TPSA) is 99.8 Å². The molecule has 0 atom stereocenters. The van der Waals surface area contributed by atoms with E-state index in [0.717, 1.165) is 12.1 Å². The van der Waals surface area contributed by atoms with Crippen LogP contribution in [0.3, 0.4) is 0 Å². The fourth-order valence-corrected chi connectivity index (χ4v) is 3.19. The molecule has 2 aromatic carbocycles. The van der Waals surface area contributed by atoms with Gasteiger partial charge in [-0.05, 0) is 48.9 Å². The van der Waals surface area contributed by atoms with Gasteiger partial charge in [-0.15, -0.1) is 0 Å². The summed E-state index contributed by atoms with van der Waals surface area (Å²) in [6.07, 6.45) is 1.23. The predicted molar refractivity (Wildman–Crippen MR) is 120 cm³/mol. The quantitative estimate of drug-likeness (QED) is 0.605. The van der Waals surface area contributed by atoms with E-state index in [1.165, 1.54) is 0 Å². The van der Waals surface area contributed by atoms with Gasteiger partial charge in [-0.2, -0.15) is 0 Å². The van der Waals surface area contributed by atoms with Crippen LogP contribution in [0.2, 0.25) is 0 Å². The molecular weight excluding hydrogens is 396 g/mol. The summed E-state index contributed by atoms with van der Waals surface area (Å²) in [5.74, 6) is -0.285. The molecule has 31 heavy (non-hydrogen) atoms. The molecule has 0 radical (unpaired) electrons. The van der Waals surface area contributed by atoms with Crippen LogP contribution in [0.1, 0.15) is 30.1 Å². The van der Waals surface area contributed by atoms with Gasteiger partial charge in [0.25, 0.3) is 5.91 Å². The number of hydrogen-bond acceptors (Lipinski definition) is 5. The van der Waals surface area contributed by atoms with Crippen molar-refractivity contribution in [3.8, 4) is 0 Å². The average molecular weight is 425 g/mol. The van der Waals surface area contributed by atoms with Gasteiger partial charge in [0.1, 0.15) is 0 Å². The van der Waals surface area contributed by atoms with E-state index in [0.29, 0.717) is 49.7 Å². The van der Waals surface area contributed by atoms with Crippen molar-refractivity contribution >= 4 is 34.8 Å². The summed E-state index contributed by atoms with van der Waals surface area (Å²) in [5.41, 5.74) is 2.60. The Morgan fingerprint density at radius 1 is 0.903 bits per heavy atom. The zero-order valence-electron chi connectivity index (χ0n) is 17.6. The first kappa shape index (κ1) is 22.3. The number of hydrogen-bond donors (Lipinski definition) is 3. The molecule has 0 unspecified atom stereocenters. The van der Waals surface area contributed by atoms with Gasteiger partial charge in [0.05, 0.1) is 19.8 Å². The monoisotopic (exact) mass is 424 g/mol. The average Bonchev–Trinajstić information content (AvgIpc) is 2.78. The molecule has 0 bridgehead atoms. The minimum atomic E-state index is -0.217. The fraction of sp³-hybridized carbons (Fsp3) is 0.348. The molecule has 1 aliphatic heterocycles. The van der Waals surface area contributed by atoms with Gasteiger partial charge in [-0.1, -0.05) is 13.0 Å². The maximum atomic E-state index is 12.5. The normalized spacial score (nSPS) is 13.4. The number of nitrogens with zero attached hydrogens (tertiary/aromatic N) is 1. The lowest BCUT2D eigenvalue weighted by Gasteiger charge is -2.26. The standard InChI is InChI=1S/C23H28N4O4/c1-2-4-21(28)25-19-5-3-6-20(15-19)26-22(29)16-24-18-9-7-17(8-10-18)23(30)27-11-13-31-14-12-27/h3,5-10,15,24H,2,4,11-14,16H2,1H3,(H,25,28)(H,26,29). The van der Waals surface area contributed by atoms with E-state index in [2.05, 4.69) is 16.0 Å². The van der Waals surface area contributed by atoms with Crippen molar-refractivity contribution in [2.75, 3.05) is 48.8 Å². The molecular formula is C23H28N4O4. The van der Waals surface area contributed by atoms with Crippen molar-refractivity contribution in [3.05, 3.63) is 54.1 Å². The van der Waals surface area contributed by atoms with Crippen LogP contribution in [-0.4, -0.2) is 55.5 Å². The third kappa shape index (κ3) is 6.82. The number of ether oxygens (including phenoxy) is 1. The molecule has 1 heterocycles. The summed E-state index contributed by atoms with van der Waals surface area (Å²) >= 11 is 0. The first-order chi connectivity index (χ1) is 15.0. The van der Waals surface area contributed by atoms with Crippen molar-refractivity contribution in [3.63, 3.8) is 0 Å². The highest BCUT2D eigenvalue weighted by molar-refractivity contribution is 5.96. The van der Waals surface area contributed by atoms with Gasteiger partial charge < -0.3 is 25.6 Å². The van der Waals surface area contributed by atoms with Crippen LogP contribution in [-0.2, 0) is 14.3 Å². The Labute approximate surface area is 182 Å². The molecule has 2 aromatic rings. The van der Waals surface area contributed by atoms with Crippen molar-refractivity contribution in [1.29, 1.82) is 0 Å². The molecule has 0 spiro atoms. The summed E-state index contributed by atoms with van der Waals surface area (Å²) in [5, 5.41) is 8.66. The number of morpholine rings is 1. The Hall–Kier alpha value is -3.39. The molecule has 3 N–H and O–H groups in total. The van der Waals surface area contributed by atoms with Gasteiger partial charge in [-0.25, -0.2) is 0 Å². The number of carbonyl (C=O) groups excluding carboxylic acids is 3. The number of amides is 3. The van der Waals surface area contributed by atoms with E-state index >= 15 is 0 Å². The van der Waals surface area contributed by atoms with E-state index in [1.54, 1.807) is 53.4 Å². The third-order valence-corrected chi connectivity index (χ3v) is 4.79. The first-order valence-electron chi connectivity index (χ1n) is 10.5. The summed E-state index contributed by atoms with van der Waals surface area (Å²) in [7, 11) is 0. The van der Waals surface area contributed by atoms with Crippen LogP contribution in [0, 0.1) is 0 Å². The minimum absolute atomic E-state index is 0.0153. The lowest BCUT2D eigenvalue weighted by Crippen LogP contribution is -2.40. The molecule has 1 aliphatic rings. The van der Waals surface area contributed by atoms with Gasteiger partial charge in [0, 0.05) is 42.1 Å². The lowest BCUT2D eigenvalue weighted by molar-refractivity contribution is -0.116. The van der Waals surface area contributed by atoms with Gasteiger partial charge >= 0.3 is 0 Å². The van der Waals surface area contributed by atoms with E-state index in [-0.39, 0.29) is 24.3 Å². The molecule has 0 aliphatic carbocycles. The number of rotatable bonds is 8. The molecule has 1 saturated heterocycles. The molecule has 8 nitrogen and oxygen atoms in total. The highest BCUT2D eigenvalue weighted by Crippen LogP contribution is 2.16. The number of carbonyl (C=O) groups is 3. The number of anilines is 3. The Balaban J connectivity index is 1.48. The molecule has 164 valence electrons. The van der Waals surface area contributed by atoms with Crippen LogP contribution in [0.15, 0.2) is 48.5 Å².